The van der Waals surface area contributed by atoms with Gasteiger partial charge in [0.05, 0.1) is 0 Å². The topological polar surface area (TPSA) is 154 Å². The summed E-state index contributed by atoms with van der Waals surface area (Å²) in [6.45, 7) is 7.78. The van der Waals surface area contributed by atoms with Crippen LogP contribution in [0.25, 0.3) is 0 Å². The molecule has 0 spiro atoms. The highest BCUT2D eigenvalue weighted by atomic mass is 16.2. The second-order valence-corrected chi connectivity index (χ2v) is 8.52. The highest BCUT2D eigenvalue weighted by Gasteiger charge is 2.29. The van der Waals surface area contributed by atoms with E-state index in [4.69, 9.17) is 0 Å². The Balaban J connectivity index is 2.12. The minimum Gasteiger partial charge on any atom is -0.352 e. The molecule has 1 aromatic rings. The molecule has 0 unspecified atom stereocenters. The Morgan fingerprint density at radius 1 is 1.09 bits per heavy atom. The van der Waals surface area contributed by atoms with Gasteiger partial charge in [0.25, 0.3) is 0 Å². The van der Waals surface area contributed by atoms with Crippen LogP contribution >= 0.6 is 0 Å². The van der Waals surface area contributed by atoms with E-state index in [-0.39, 0.29) is 23.7 Å². The minimum atomic E-state index is -0.958. The summed E-state index contributed by atoms with van der Waals surface area (Å²) >= 11 is 0. The van der Waals surface area contributed by atoms with Crippen LogP contribution in [0.4, 0.5) is 10.7 Å². The van der Waals surface area contributed by atoms with E-state index in [1.54, 1.807) is 38.1 Å². The van der Waals surface area contributed by atoms with Crippen molar-refractivity contribution in [2.75, 3.05) is 11.9 Å². The number of carbonyl (C=O) groups excluding carboxylic acids is 4. The number of aromatic nitrogens is 2. The first kappa shape index (κ1) is 26.5. The number of amides is 5. The molecule has 1 aliphatic heterocycles. The van der Waals surface area contributed by atoms with E-state index >= 15 is 0 Å². The number of hydrogen-bond donors (Lipinski definition) is 5. The first-order chi connectivity index (χ1) is 16.2. The third kappa shape index (κ3) is 8.64. The maximum absolute atomic E-state index is 13.0. The third-order valence-corrected chi connectivity index (χ3v) is 5.03. The zero-order valence-electron chi connectivity index (χ0n) is 19.9. The summed E-state index contributed by atoms with van der Waals surface area (Å²) < 4.78 is 0. The van der Waals surface area contributed by atoms with E-state index in [9.17, 15) is 19.2 Å². The van der Waals surface area contributed by atoms with Crippen LogP contribution in [0, 0.1) is 11.8 Å². The van der Waals surface area contributed by atoms with E-state index in [0.717, 1.165) is 0 Å². The number of nitrogens with one attached hydrogen (secondary N) is 5. The van der Waals surface area contributed by atoms with Crippen molar-refractivity contribution in [1.82, 2.24) is 31.2 Å². The molecular weight excluding hydrogens is 438 g/mol. The zero-order valence-corrected chi connectivity index (χ0v) is 19.9. The van der Waals surface area contributed by atoms with Crippen molar-refractivity contribution in [3.05, 3.63) is 42.8 Å². The summed E-state index contributed by atoms with van der Waals surface area (Å²) in [7, 11) is 0. The minimum absolute atomic E-state index is 0.0188. The van der Waals surface area contributed by atoms with Gasteiger partial charge < -0.3 is 21.3 Å². The number of urea groups is 1. The fraction of sp³-hybridized carbons (Fsp3) is 0.478. The largest absolute Gasteiger partial charge is 0.352 e. The van der Waals surface area contributed by atoms with Crippen molar-refractivity contribution in [1.29, 1.82) is 0 Å². The molecule has 0 fully saturated rings. The Morgan fingerprint density at radius 3 is 2.44 bits per heavy atom. The van der Waals surface area contributed by atoms with Crippen molar-refractivity contribution in [3.63, 3.8) is 0 Å². The van der Waals surface area contributed by atoms with Gasteiger partial charge >= 0.3 is 6.03 Å². The molecule has 2 heterocycles. The summed E-state index contributed by atoms with van der Waals surface area (Å²) in [5, 5.41) is 13.4. The van der Waals surface area contributed by atoms with Crippen LogP contribution in [-0.4, -0.2) is 58.4 Å². The van der Waals surface area contributed by atoms with E-state index in [0.29, 0.717) is 13.0 Å². The van der Waals surface area contributed by atoms with E-state index < -0.39 is 36.0 Å². The summed E-state index contributed by atoms with van der Waals surface area (Å²) in [6, 6.07) is -1.30. The molecule has 0 aliphatic carbocycles. The molecule has 2 rings (SSSR count). The zero-order chi connectivity index (χ0) is 25.1. The highest BCUT2D eigenvalue weighted by molar-refractivity contribution is 5.95. The third-order valence-electron chi connectivity index (χ3n) is 5.03. The molecule has 5 N–H and O–H groups in total. The lowest BCUT2D eigenvalue weighted by molar-refractivity contribution is -0.129. The lowest BCUT2D eigenvalue weighted by atomic mass is 10.0. The van der Waals surface area contributed by atoms with Crippen molar-refractivity contribution in [3.8, 4) is 0 Å². The van der Waals surface area contributed by atoms with Crippen molar-refractivity contribution >= 4 is 29.7 Å². The molecule has 0 bridgehead atoms. The summed E-state index contributed by atoms with van der Waals surface area (Å²) in [4.78, 5) is 58.1. The Morgan fingerprint density at radius 2 is 1.79 bits per heavy atom. The van der Waals surface area contributed by atoms with Crippen LogP contribution in [0.2, 0.25) is 0 Å². The lowest BCUT2D eigenvalue weighted by Crippen LogP contribution is -2.56. The normalized spacial score (nSPS) is 21.8. The fourth-order valence-corrected chi connectivity index (χ4v) is 3.07. The SMILES string of the molecule is CC(C)[C@H](NC(=O)Nc1ncccn1)C(=O)N[C@H]1/C=C/CCNC(=O)/C=C/[C@H](C(C)C)NC1=O. The van der Waals surface area contributed by atoms with E-state index in [2.05, 4.69) is 36.6 Å². The lowest BCUT2D eigenvalue weighted by Gasteiger charge is -2.26. The molecule has 0 radical (unpaired) electrons. The van der Waals surface area contributed by atoms with Gasteiger partial charge in [-0.3, -0.25) is 19.7 Å². The molecule has 1 aliphatic rings. The van der Waals surface area contributed by atoms with E-state index in [1.165, 1.54) is 18.5 Å². The standard InChI is InChI=1S/C23H33N7O4/c1-14(2)16-9-10-18(31)24-11-6-5-8-17(20(32)27-16)28-21(33)19(15(3)4)29-23(34)30-22-25-12-7-13-26-22/h5,7-10,12-17,19H,6,11H2,1-4H3,(H,24,31)(H,27,32)(H,28,33)(H2,25,26,29,30,34)/b8-5+,10-9+/t16-,17+,19+/m1/s1. The Hall–Kier alpha value is -3.76. The van der Waals surface area contributed by atoms with Crippen LogP contribution in [0.5, 0.6) is 0 Å². The monoisotopic (exact) mass is 471 g/mol. The number of anilines is 1. The molecule has 0 aromatic carbocycles. The van der Waals surface area contributed by atoms with Gasteiger partial charge in [-0.25, -0.2) is 14.8 Å². The molecule has 1 aromatic heterocycles. The molecule has 5 amide bonds. The number of carbonyl (C=O) groups is 4. The predicted molar refractivity (Wildman–Crippen MR) is 127 cm³/mol. The van der Waals surface area contributed by atoms with Crippen LogP contribution in [0.3, 0.4) is 0 Å². The van der Waals surface area contributed by atoms with Crippen LogP contribution < -0.4 is 26.6 Å². The average Bonchev–Trinajstić information content (AvgIpc) is 2.78. The van der Waals surface area contributed by atoms with Gasteiger partial charge in [-0.2, -0.15) is 0 Å². The average molecular weight is 472 g/mol. The van der Waals surface area contributed by atoms with E-state index in [1.807, 2.05) is 13.8 Å². The van der Waals surface area contributed by atoms with Gasteiger partial charge in [0.2, 0.25) is 23.7 Å². The summed E-state index contributed by atoms with van der Waals surface area (Å²) in [5.41, 5.74) is 0. The Bertz CT molecular complexity index is 915. The number of hydrogen-bond acceptors (Lipinski definition) is 6. The Kier molecular flexibility index (Phi) is 10.2. The number of nitrogens with zero attached hydrogens (tertiary/aromatic N) is 2. The molecule has 3 atom stereocenters. The highest BCUT2D eigenvalue weighted by Crippen LogP contribution is 2.07. The smallest absolute Gasteiger partial charge is 0.322 e. The molecule has 0 saturated carbocycles. The fourth-order valence-electron chi connectivity index (χ4n) is 3.07. The second-order valence-electron chi connectivity index (χ2n) is 8.52. The van der Waals surface area contributed by atoms with Gasteiger partial charge in [0, 0.05) is 31.1 Å². The van der Waals surface area contributed by atoms with Gasteiger partial charge in [0.1, 0.15) is 12.1 Å². The summed E-state index contributed by atoms with van der Waals surface area (Å²) in [6.07, 6.45) is 9.78. The quantitative estimate of drug-likeness (QED) is 0.388. The molecular formula is C23H33N7O4. The molecule has 184 valence electrons. The van der Waals surface area contributed by atoms with Gasteiger partial charge in [-0.15, -0.1) is 0 Å². The van der Waals surface area contributed by atoms with Crippen molar-refractivity contribution < 1.29 is 19.2 Å². The first-order valence-corrected chi connectivity index (χ1v) is 11.3. The first-order valence-electron chi connectivity index (χ1n) is 11.3. The van der Waals surface area contributed by atoms with Crippen molar-refractivity contribution in [2.24, 2.45) is 11.8 Å². The molecule has 0 saturated heterocycles. The molecule has 11 heteroatoms. The molecule has 34 heavy (non-hydrogen) atoms. The Labute approximate surface area is 199 Å². The maximum Gasteiger partial charge on any atom is 0.322 e. The van der Waals surface area contributed by atoms with Gasteiger partial charge in [0.15, 0.2) is 0 Å². The molecule has 11 nitrogen and oxygen atoms in total. The van der Waals surface area contributed by atoms with Crippen LogP contribution in [-0.2, 0) is 14.4 Å². The number of rotatable bonds is 6. The van der Waals surface area contributed by atoms with Gasteiger partial charge in [-0.1, -0.05) is 45.9 Å². The van der Waals surface area contributed by atoms with Crippen LogP contribution in [0.15, 0.2) is 42.8 Å². The predicted octanol–water partition coefficient (Wildman–Crippen LogP) is 0.881. The maximum atomic E-state index is 13.0. The summed E-state index contributed by atoms with van der Waals surface area (Å²) in [5.74, 6) is -1.31. The van der Waals surface area contributed by atoms with Gasteiger partial charge in [-0.05, 0) is 24.3 Å². The van der Waals surface area contributed by atoms with Crippen molar-refractivity contribution in [2.45, 2.75) is 52.2 Å². The van der Waals surface area contributed by atoms with Crippen LogP contribution in [0.1, 0.15) is 34.1 Å². The second kappa shape index (κ2) is 13.1.